The Hall–Kier alpha value is -2.29. The first kappa shape index (κ1) is 15.6. The second-order valence-electron chi connectivity index (χ2n) is 5.40. The monoisotopic (exact) mass is 334 g/mol. The van der Waals surface area contributed by atoms with Gasteiger partial charge >= 0.3 is 0 Å². The van der Waals surface area contributed by atoms with Gasteiger partial charge in [-0.1, -0.05) is 6.07 Å². The molecule has 0 spiro atoms. The zero-order valence-electron chi connectivity index (χ0n) is 12.8. The predicted octanol–water partition coefficient (Wildman–Crippen LogP) is 0.583. The van der Waals surface area contributed by atoms with Gasteiger partial charge in [-0.2, -0.15) is 4.80 Å². The van der Waals surface area contributed by atoms with E-state index in [1.54, 1.807) is 18.0 Å². The zero-order chi connectivity index (χ0) is 16.2. The van der Waals surface area contributed by atoms with Gasteiger partial charge in [0.2, 0.25) is 5.91 Å². The molecule has 8 nitrogen and oxygen atoms in total. The summed E-state index contributed by atoms with van der Waals surface area (Å²) in [4.78, 5) is 28.7. The molecule has 2 aromatic heterocycles. The summed E-state index contributed by atoms with van der Waals surface area (Å²) in [5.74, 6) is 0.215. The second kappa shape index (κ2) is 6.86. The number of hydrogen-bond acceptors (Lipinski definition) is 6. The first-order valence-corrected chi connectivity index (χ1v) is 8.38. The van der Waals surface area contributed by atoms with E-state index in [1.165, 1.54) is 16.1 Å². The molecule has 0 unspecified atom stereocenters. The quantitative estimate of drug-likeness (QED) is 0.883. The van der Waals surface area contributed by atoms with Crippen molar-refractivity contribution in [1.82, 2.24) is 30.4 Å². The summed E-state index contributed by atoms with van der Waals surface area (Å²) in [6.45, 7) is 0.822. The zero-order valence-corrected chi connectivity index (χ0v) is 13.6. The Balaban J connectivity index is 1.65. The summed E-state index contributed by atoms with van der Waals surface area (Å²) in [7, 11) is 1.67. The fourth-order valence-electron chi connectivity index (χ4n) is 2.67. The van der Waals surface area contributed by atoms with Crippen molar-refractivity contribution in [3.05, 3.63) is 28.2 Å². The van der Waals surface area contributed by atoms with Crippen molar-refractivity contribution in [1.29, 1.82) is 0 Å². The molecular formula is C14H18N6O2S. The summed E-state index contributed by atoms with van der Waals surface area (Å²) >= 11 is 1.40. The molecule has 0 saturated carbocycles. The van der Waals surface area contributed by atoms with Crippen LogP contribution in [0.3, 0.4) is 0 Å². The van der Waals surface area contributed by atoms with Gasteiger partial charge < -0.3 is 10.2 Å². The minimum Gasteiger partial charge on any atom is -0.347 e. The van der Waals surface area contributed by atoms with Crippen LogP contribution in [-0.4, -0.2) is 49.5 Å². The molecule has 122 valence electrons. The van der Waals surface area contributed by atoms with Crippen LogP contribution in [0.15, 0.2) is 17.5 Å². The third-order valence-corrected chi connectivity index (χ3v) is 4.63. The van der Waals surface area contributed by atoms with Crippen molar-refractivity contribution in [2.75, 3.05) is 6.54 Å². The molecule has 1 saturated heterocycles. The van der Waals surface area contributed by atoms with Gasteiger partial charge in [0.1, 0.15) is 6.04 Å². The molecule has 0 radical (unpaired) electrons. The molecule has 1 aliphatic heterocycles. The number of amides is 2. The molecule has 9 heteroatoms. The highest BCUT2D eigenvalue weighted by molar-refractivity contribution is 7.12. The van der Waals surface area contributed by atoms with Crippen molar-refractivity contribution in [2.24, 2.45) is 7.05 Å². The molecule has 1 atom stereocenters. The summed E-state index contributed by atoms with van der Waals surface area (Å²) in [6.07, 6.45) is 2.54. The van der Waals surface area contributed by atoms with Crippen LogP contribution < -0.4 is 5.32 Å². The highest BCUT2D eigenvalue weighted by atomic mass is 32.1. The summed E-state index contributed by atoms with van der Waals surface area (Å²) in [5.41, 5.74) is 0. The maximum absolute atomic E-state index is 12.6. The van der Waals surface area contributed by atoms with E-state index in [-0.39, 0.29) is 18.4 Å². The number of nitrogens with zero attached hydrogens (tertiary/aromatic N) is 5. The smallest absolute Gasteiger partial charge is 0.264 e. The minimum absolute atomic E-state index is 0.0718. The lowest BCUT2D eigenvalue weighted by Crippen LogP contribution is -2.51. The average molecular weight is 334 g/mol. The van der Waals surface area contributed by atoms with E-state index in [9.17, 15) is 9.59 Å². The lowest BCUT2D eigenvalue weighted by Gasteiger charge is -2.34. The molecule has 0 aliphatic carbocycles. The largest absolute Gasteiger partial charge is 0.347 e. The first-order chi connectivity index (χ1) is 11.1. The summed E-state index contributed by atoms with van der Waals surface area (Å²) < 4.78 is 0. The van der Waals surface area contributed by atoms with Crippen molar-refractivity contribution >= 4 is 23.2 Å². The lowest BCUT2D eigenvalue weighted by atomic mass is 10.0. The highest BCUT2D eigenvalue weighted by Gasteiger charge is 2.32. The number of thiophene rings is 1. The molecule has 1 fully saturated rings. The van der Waals surface area contributed by atoms with Gasteiger partial charge in [0, 0.05) is 6.54 Å². The van der Waals surface area contributed by atoms with Crippen molar-refractivity contribution < 1.29 is 9.59 Å². The topological polar surface area (TPSA) is 93.0 Å². The average Bonchev–Trinajstić information content (AvgIpc) is 3.23. The van der Waals surface area contributed by atoms with E-state index in [4.69, 9.17) is 0 Å². The molecule has 0 bridgehead atoms. The first-order valence-electron chi connectivity index (χ1n) is 7.50. The number of aromatic nitrogens is 4. The Kier molecular flexibility index (Phi) is 4.65. The number of rotatable bonds is 4. The number of piperidine rings is 1. The number of carbonyl (C=O) groups excluding carboxylic acids is 2. The fraction of sp³-hybridized carbons (Fsp3) is 0.500. The van der Waals surface area contributed by atoms with E-state index in [0.717, 1.165) is 12.8 Å². The molecule has 1 N–H and O–H groups in total. The molecule has 23 heavy (non-hydrogen) atoms. The second-order valence-corrected chi connectivity index (χ2v) is 6.35. The fourth-order valence-corrected chi connectivity index (χ4v) is 3.35. The van der Waals surface area contributed by atoms with Gasteiger partial charge in [-0.15, -0.1) is 21.5 Å². The number of hydrogen-bond donors (Lipinski definition) is 1. The van der Waals surface area contributed by atoms with Crippen LogP contribution in [-0.2, 0) is 18.4 Å². The van der Waals surface area contributed by atoms with E-state index in [0.29, 0.717) is 23.7 Å². The van der Waals surface area contributed by atoms with Crippen LogP contribution in [0.4, 0.5) is 0 Å². The van der Waals surface area contributed by atoms with Crippen LogP contribution in [0, 0.1) is 0 Å². The molecule has 2 amide bonds. The Bertz CT molecular complexity index is 683. The third kappa shape index (κ3) is 3.55. The Morgan fingerprint density at radius 2 is 2.30 bits per heavy atom. The van der Waals surface area contributed by atoms with Crippen molar-refractivity contribution in [3.63, 3.8) is 0 Å². The van der Waals surface area contributed by atoms with Crippen LogP contribution in [0.2, 0.25) is 0 Å². The Morgan fingerprint density at radius 1 is 1.43 bits per heavy atom. The number of aryl methyl sites for hydroxylation is 1. The molecule has 2 aromatic rings. The van der Waals surface area contributed by atoms with Gasteiger partial charge in [-0.3, -0.25) is 9.59 Å². The Labute approximate surface area is 137 Å². The maximum Gasteiger partial charge on any atom is 0.264 e. The van der Waals surface area contributed by atoms with Gasteiger partial charge in [0.25, 0.3) is 5.91 Å². The number of nitrogens with one attached hydrogen (secondary N) is 1. The van der Waals surface area contributed by atoms with Gasteiger partial charge in [0.05, 0.1) is 18.5 Å². The molecule has 3 heterocycles. The van der Waals surface area contributed by atoms with E-state index in [1.807, 2.05) is 11.4 Å². The summed E-state index contributed by atoms with van der Waals surface area (Å²) in [5, 5.41) is 16.3. The lowest BCUT2D eigenvalue weighted by molar-refractivity contribution is -0.126. The third-order valence-electron chi connectivity index (χ3n) is 3.77. The molecule has 3 rings (SSSR count). The SMILES string of the molecule is Cn1nnc(CNC(=O)[C@H]2CCCCN2C(=O)c2cccs2)n1. The van der Waals surface area contributed by atoms with E-state index in [2.05, 4.69) is 20.7 Å². The predicted molar refractivity (Wildman–Crippen MR) is 83.6 cm³/mol. The van der Waals surface area contributed by atoms with Crippen molar-refractivity contribution in [3.8, 4) is 0 Å². The standard InChI is InChI=1S/C14H18N6O2S/c1-19-17-12(16-18-19)9-15-13(21)10-5-2-3-7-20(10)14(22)11-6-4-8-23-11/h4,6,8,10H,2-3,5,7,9H2,1H3,(H,15,21)/t10-/m1/s1. The number of carbonyl (C=O) groups is 2. The van der Waals surface area contributed by atoms with Crippen molar-refractivity contribution in [2.45, 2.75) is 31.8 Å². The maximum atomic E-state index is 12.6. The molecule has 1 aliphatic rings. The van der Waals surface area contributed by atoms with Gasteiger partial charge in [-0.05, 0) is 35.9 Å². The van der Waals surface area contributed by atoms with Crippen LogP contribution in [0.1, 0.15) is 34.8 Å². The van der Waals surface area contributed by atoms with E-state index < -0.39 is 6.04 Å². The van der Waals surface area contributed by atoms with Crippen LogP contribution >= 0.6 is 11.3 Å². The minimum atomic E-state index is -0.435. The number of tetrazole rings is 1. The normalized spacial score (nSPS) is 18.0. The van der Waals surface area contributed by atoms with Crippen LogP contribution in [0.5, 0.6) is 0 Å². The summed E-state index contributed by atoms with van der Waals surface area (Å²) in [6, 6.07) is 3.20. The Morgan fingerprint density at radius 3 is 3.00 bits per heavy atom. The van der Waals surface area contributed by atoms with E-state index >= 15 is 0 Å². The highest BCUT2D eigenvalue weighted by Crippen LogP contribution is 2.21. The van der Waals surface area contributed by atoms with Gasteiger partial charge in [0.15, 0.2) is 5.82 Å². The molecule has 0 aromatic carbocycles. The van der Waals surface area contributed by atoms with Gasteiger partial charge in [-0.25, -0.2) is 0 Å². The molecular weight excluding hydrogens is 316 g/mol. The number of likely N-dealkylation sites (tertiary alicyclic amines) is 1. The van der Waals surface area contributed by atoms with Crippen LogP contribution in [0.25, 0.3) is 0 Å².